The van der Waals surface area contributed by atoms with Crippen molar-refractivity contribution in [1.82, 2.24) is 10.1 Å². The Kier molecular flexibility index (Phi) is 3.98. The van der Waals surface area contributed by atoms with Gasteiger partial charge in [-0.1, -0.05) is 37.2 Å². The molecule has 1 aromatic carbocycles. The first-order valence-corrected chi connectivity index (χ1v) is 7.50. The summed E-state index contributed by atoms with van der Waals surface area (Å²) >= 11 is 0. The number of aromatic nitrogens is 2. The molecule has 23 heavy (non-hydrogen) atoms. The van der Waals surface area contributed by atoms with Crippen molar-refractivity contribution in [2.24, 2.45) is 11.8 Å². The molecule has 6 heteroatoms. The molecular weight excluding hydrogens is 299 g/mol. The van der Waals surface area contributed by atoms with Crippen LogP contribution in [0.2, 0.25) is 0 Å². The van der Waals surface area contributed by atoms with Crippen LogP contribution in [-0.2, 0) is 0 Å². The number of rotatable bonds is 3. The van der Waals surface area contributed by atoms with Crippen LogP contribution in [0.4, 0.5) is 4.39 Å². The molecule has 1 aliphatic rings. The molecule has 1 aliphatic carbocycles. The first-order valence-electron chi connectivity index (χ1n) is 7.50. The van der Waals surface area contributed by atoms with Gasteiger partial charge in [-0.3, -0.25) is 0 Å². The maximum absolute atomic E-state index is 14.2. The highest BCUT2D eigenvalue weighted by molar-refractivity contribution is 5.89. The Bertz CT molecular complexity index is 769. The van der Waals surface area contributed by atoms with E-state index < -0.39 is 11.9 Å². The van der Waals surface area contributed by atoms with Crippen molar-refractivity contribution in [3.05, 3.63) is 47.6 Å². The number of hydrogen-bond donors (Lipinski definition) is 1. The van der Waals surface area contributed by atoms with Crippen molar-refractivity contribution in [1.29, 1.82) is 0 Å². The van der Waals surface area contributed by atoms with Gasteiger partial charge < -0.3 is 9.63 Å². The number of nitrogens with zero attached hydrogens (tertiary/aromatic N) is 2. The van der Waals surface area contributed by atoms with Gasteiger partial charge in [0, 0.05) is 5.56 Å². The number of carbonyl (C=O) groups is 1. The summed E-state index contributed by atoms with van der Waals surface area (Å²) in [5.41, 5.74) is 0.667. The van der Waals surface area contributed by atoms with Gasteiger partial charge in [-0.05, 0) is 30.4 Å². The third-order valence-electron chi connectivity index (χ3n) is 4.48. The van der Waals surface area contributed by atoms with E-state index in [0.717, 1.165) is 0 Å². The Hall–Kier alpha value is -2.50. The van der Waals surface area contributed by atoms with Gasteiger partial charge in [-0.2, -0.15) is 4.98 Å². The molecule has 1 N–H and O–H groups in total. The fourth-order valence-electron chi connectivity index (χ4n) is 2.83. The van der Waals surface area contributed by atoms with E-state index in [9.17, 15) is 9.18 Å². The second kappa shape index (κ2) is 5.95. The summed E-state index contributed by atoms with van der Waals surface area (Å²) < 4.78 is 19.5. The first-order chi connectivity index (χ1) is 11.0. The molecule has 0 spiro atoms. The van der Waals surface area contributed by atoms with Crippen LogP contribution in [0, 0.1) is 11.8 Å². The van der Waals surface area contributed by atoms with Gasteiger partial charge >= 0.3 is 5.97 Å². The SMILES string of the molecule is CC1CC=C(F)C(c2nc(-c3cccc(C(=O)O)c3)no2)C1C. The van der Waals surface area contributed by atoms with Crippen molar-refractivity contribution in [2.75, 3.05) is 0 Å². The van der Waals surface area contributed by atoms with Gasteiger partial charge in [0.25, 0.3) is 0 Å². The molecule has 0 aliphatic heterocycles. The molecule has 0 bridgehead atoms. The van der Waals surface area contributed by atoms with Crippen molar-refractivity contribution in [3.8, 4) is 11.4 Å². The molecule has 0 amide bonds. The summed E-state index contributed by atoms with van der Waals surface area (Å²) in [5, 5.41) is 12.9. The van der Waals surface area contributed by atoms with Crippen LogP contribution < -0.4 is 0 Å². The molecular formula is C17H17FN2O3. The average molecular weight is 316 g/mol. The predicted molar refractivity (Wildman–Crippen MR) is 81.6 cm³/mol. The van der Waals surface area contributed by atoms with Gasteiger partial charge in [0.1, 0.15) is 5.83 Å². The number of allylic oxidation sites excluding steroid dienone is 2. The topological polar surface area (TPSA) is 76.2 Å². The molecule has 3 atom stereocenters. The Morgan fingerprint density at radius 3 is 2.91 bits per heavy atom. The van der Waals surface area contributed by atoms with Crippen LogP contribution in [0.5, 0.6) is 0 Å². The van der Waals surface area contributed by atoms with Gasteiger partial charge in [0.15, 0.2) is 0 Å². The highest BCUT2D eigenvalue weighted by Crippen LogP contribution is 2.41. The zero-order chi connectivity index (χ0) is 16.6. The number of carboxylic acids is 1. The third kappa shape index (κ3) is 2.88. The minimum atomic E-state index is -1.03. The lowest BCUT2D eigenvalue weighted by Gasteiger charge is -2.28. The molecule has 0 saturated carbocycles. The minimum absolute atomic E-state index is 0.0543. The number of aromatic carboxylic acids is 1. The number of hydrogen-bond acceptors (Lipinski definition) is 4. The van der Waals surface area contributed by atoms with Gasteiger partial charge in [-0.15, -0.1) is 0 Å². The van der Waals surface area contributed by atoms with Crippen LogP contribution >= 0.6 is 0 Å². The minimum Gasteiger partial charge on any atom is -0.478 e. The molecule has 3 rings (SSSR count). The normalized spacial score (nSPS) is 24.3. The summed E-state index contributed by atoms with van der Waals surface area (Å²) in [5.74, 6) is -0.939. The average Bonchev–Trinajstić information content (AvgIpc) is 3.01. The van der Waals surface area contributed by atoms with E-state index in [-0.39, 0.29) is 29.0 Å². The molecule has 5 nitrogen and oxygen atoms in total. The summed E-state index contributed by atoms with van der Waals surface area (Å²) in [6.07, 6.45) is 2.27. The van der Waals surface area contributed by atoms with Crippen LogP contribution in [0.15, 0.2) is 40.7 Å². The Morgan fingerprint density at radius 2 is 2.17 bits per heavy atom. The summed E-state index contributed by atoms with van der Waals surface area (Å²) in [7, 11) is 0. The number of halogens is 1. The Morgan fingerprint density at radius 1 is 1.39 bits per heavy atom. The van der Waals surface area contributed by atoms with E-state index in [1.807, 2.05) is 6.92 Å². The third-order valence-corrected chi connectivity index (χ3v) is 4.48. The second-order valence-electron chi connectivity index (χ2n) is 5.98. The van der Waals surface area contributed by atoms with Crippen molar-refractivity contribution < 1.29 is 18.8 Å². The highest BCUT2D eigenvalue weighted by atomic mass is 19.1. The molecule has 120 valence electrons. The molecule has 2 aromatic rings. The maximum Gasteiger partial charge on any atom is 0.335 e. The zero-order valence-electron chi connectivity index (χ0n) is 12.9. The molecule has 0 radical (unpaired) electrons. The van der Waals surface area contributed by atoms with Gasteiger partial charge in [0.2, 0.25) is 11.7 Å². The van der Waals surface area contributed by atoms with E-state index >= 15 is 0 Å². The predicted octanol–water partition coefficient (Wildman–Crippen LogP) is 4.05. The van der Waals surface area contributed by atoms with Crippen molar-refractivity contribution >= 4 is 5.97 Å². The lowest BCUT2D eigenvalue weighted by Crippen LogP contribution is -2.22. The molecule has 3 unspecified atom stereocenters. The molecule has 0 saturated heterocycles. The summed E-state index contributed by atoms with van der Waals surface area (Å²) in [4.78, 5) is 15.3. The monoisotopic (exact) mass is 316 g/mol. The number of benzene rings is 1. The lowest BCUT2D eigenvalue weighted by atomic mass is 9.77. The Labute approximate surface area is 132 Å². The second-order valence-corrected chi connectivity index (χ2v) is 5.98. The lowest BCUT2D eigenvalue weighted by molar-refractivity contribution is 0.0697. The molecule has 0 fully saturated rings. The highest BCUT2D eigenvalue weighted by Gasteiger charge is 2.35. The fourth-order valence-corrected chi connectivity index (χ4v) is 2.83. The van der Waals surface area contributed by atoms with Crippen LogP contribution in [0.3, 0.4) is 0 Å². The summed E-state index contributed by atoms with van der Waals surface area (Å²) in [6, 6.07) is 6.26. The molecule has 1 heterocycles. The Balaban J connectivity index is 1.94. The zero-order valence-corrected chi connectivity index (χ0v) is 12.9. The van der Waals surface area contributed by atoms with E-state index in [1.165, 1.54) is 12.1 Å². The van der Waals surface area contributed by atoms with Crippen molar-refractivity contribution in [2.45, 2.75) is 26.2 Å². The van der Waals surface area contributed by atoms with Crippen LogP contribution in [0.25, 0.3) is 11.4 Å². The number of carboxylic acid groups (broad SMARTS) is 1. The quantitative estimate of drug-likeness (QED) is 0.924. The van der Waals surface area contributed by atoms with E-state index in [1.54, 1.807) is 18.2 Å². The fraction of sp³-hybridized carbons (Fsp3) is 0.353. The van der Waals surface area contributed by atoms with E-state index in [0.29, 0.717) is 17.9 Å². The van der Waals surface area contributed by atoms with E-state index in [4.69, 9.17) is 9.63 Å². The maximum atomic E-state index is 14.2. The van der Waals surface area contributed by atoms with Crippen molar-refractivity contribution in [3.63, 3.8) is 0 Å². The standard InChI is InChI=1S/C17H17FN2O3/c1-9-6-7-13(18)14(10(9)2)16-19-15(20-23-16)11-4-3-5-12(8-11)17(21)22/h3-5,7-10,14H,6H2,1-2H3,(H,21,22). The summed E-state index contributed by atoms with van der Waals surface area (Å²) in [6.45, 7) is 4.03. The van der Waals surface area contributed by atoms with Gasteiger partial charge in [-0.25, -0.2) is 9.18 Å². The van der Waals surface area contributed by atoms with E-state index in [2.05, 4.69) is 17.1 Å². The largest absolute Gasteiger partial charge is 0.478 e. The van der Waals surface area contributed by atoms with Crippen LogP contribution in [0.1, 0.15) is 42.4 Å². The first kappa shape index (κ1) is 15.4. The smallest absolute Gasteiger partial charge is 0.335 e. The molecule has 1 aromatic heterocycles. The van der Waals surface area contributed by atoms with Crippen LogP contribution in [-0.4, -0.2) is 21.2 Å². The van der Waals surface area contributed by atoms with Gasteiger partial charge in [0.05, 0.1) is 11.5 Å².